The largest absolute Gasteiger partial charge is 0.378 e. The third-order valence-electron chi connectivity index (χ3n) is 3.83. The van der Waals surface area contributed by atoms with E-state index in [0.29, 0.717) is 6.04 Å². The highest BCUT2D eigenvalue weighted by atomic mass is 79.9. The number of thiophene rings is 1. The Bertz CT molecular complexity index is 791. The molecule has 21 heavy (non-hydrogen) atoms. The van der Waals surface area contributed by atoms with Gasteiger partial charge in [-0.2, -0.15) is 0 Å². The maximum atomic E-state index is 3.61. The van der Waals surface area contributed by atoms with E-state index in [0.717, 1.165) is 10.2 Å². The Kier molecular flexibility index (Phi) is 4.05. The van der Waals surface area contributed by atoms with E-state index in [-0.39, 0.29) is 0 Å². The number of benzene rings is 2. The van der Waals surface area contributed by atoms with Crippen molar-refractivity contribution >= 4 is 43.0 Å². The topological polar surface area (TPSA) is 12.0 Å². The number of aryl methyl sites for hydroxylation is 2. The van der Waals surface area contributed by atoms with Crippen LogP contribution < -0.4 is 5.32 Å². The van der Waals surface area contributed by atoms with Gasteiger partial charge in [0, 0.05) is 19.7 Å². The monoisotopic (exact) mass is 359 g/mol. The number of anilines is 1. The quantitative estimate of drug-likeness (QED) is 0.566. The van der Waals surface area contributed by atoms with Gasteiger partial charge in [-0.3, -0.25) is 0 Å². The fraction of sp³-hybridized carbons (Fsp3) is 0.222. The van der Waals surface area contributed by atoms with Crippen LogP contribution in [0.15, 0.2) is 46.9 Å². The van der Waals surface area contributed by atoms with Crippen LogP contribution in [0, 0.1) is 13.8 Å². The molecular formula is C18H18BrNS. The minimum atomic E-state index is 0.303. The summed E-state index contributed by atoms with van der Waals surface area (Å²) >= 11 is 5.48. The summed E-state index contributed by atoms with van der Waals surface area (Å²) in [6, 6.07) is 15.4. The number of halogens is 1. The second-order valence-electron chi connectivity index (χ2n) is 5.42. The maximum absolute atomic E-state index is 3.61. The summed E-state index contributed by atoms with van der Waals surface area (Å²) < 4.78 is 2.51. The van der Waals surface area contributed by atoms with E-state index in [9.17, 15) is 0 Å². The lowest BCUT2D eigenvalue weighted by Gasteiger charge is -2.15. The molecule has 0 fully saturated rings. The molecule has 1 atom stereocenters. The van der Waals surface area contributed by atoms with E-state index in [4.69, 9.17) is 0 Å². The Morgan fingerprint density at radius 1 is 1.10 bits per heavy atom. The Hall–Kier alpha value is -1.32. The zero-order valence-corrected chi connectivity index (χ0v) is 14.8. The zero-order chi connectivity index (χ0) is 15.0. The van der Waals surface area contributed by atoms with Crippen LogP contribution in [0.2, 0.25) is 0 Å². The van der Waals surface area contributed by atoms with Gasteiger partial charge in [-0.25, -0.2) is 0 Å². The van der Waals surface area contributed by atoms with Crippen molar-refractivity contribution in [1.82, 2.24) is 0 Å². The molecule has 1 N–H and O–H groups in total. The average Bonchev–Trinajstić information content (AvgIpc) is 2.81. The summed E-state index contributed by atoms with van der Waals surface area (Å²) in [5.41, 5.74) is 3.80. The van der Waals surface area contributed by atoms with Crippen LogP contribution in [-0.4, -0.2) is 0 Å². The van der Waals surface area contributed by atoms with Crippen LogP contribution in [0.4, 0.5) is 5.69 Å². The number of rotatable bonds is 3. The van der Waals surface area contributed by atoms with E-state index in [1.54, 1.807) is 0 Å². The van der Waals surface area contributed by atoms with Crippen LogP contribution in [0.5, 0.6) is 0 Å². The van der Waals surface area contributed by atoms with Gasteiger partial charge >= 0.3 is 0 Å². The van der Waals surface area contributed by atoms with Gasteiger partial charge in [-0.1, -0.05) is 40.2 Å². The molecule has 0 amide bonds. The lowest BCUT2D eigenvalue weighted by Crippen LogP contribution is -2.06. The standard InChI is InChI=1S/C18H18BrNS/c1-11-8-9-14(10-16(11)19)20-13(3)18-12(2)15-6-4-5-7-17(15)21-18/h4-10,13,20H,1-3H3. The third-order valence-corrected chi connectivity index (χ3v) is 6.14. The molecule has 1 nitrogen and oxygen atoms in total. The summed E-state index contributed by atoms with van der Waals surface area (Å²) in [5, 5.41) is 4.98. The van der Waals surface area contributed by atoms with E-state index < -0.39 is 0 Å². The van der Waals surface area contributed by atoms with Gasteiger partial charge in [0.2, 0.25) is 0 Å². The van der Waals surface area contributed by atoms with E-state index in [2.05, 4.69) is 84.5 Å². The molecule has 0 radical (unpaired) electrons. The smallest absolute Gasteiger partial charge is 0.0581 e. The molecule has 1 heterocycles. The molecule has 1 unspecified atom stereocenters. The van der Waals surface area contributed by atoms with Crippen molar-refractivity contribution in [1.29, 1.82) is 0 Å². The number of fused-ring (bicyclic) bond motifs is 1. The average molecular weight is 360 g/mol. The molecule has 0 aliphatic carbocycles. The van der Waals surface area contributed by atoms with Crippen molar-refractivity contribution in [3.8, 4) is 0 Å². The highest BCUT2D eigenvalue weighted by molar-refractivity contribution is 9.10. The third kappa shape index (κ3) is 2.85. The number of nitrogens with one attached hydrogen (secondary N) is 1. The van der Waals surface area contributed by atoms with Crippen LogP contribution >= 0.6 is 27.3 Å². The molecule has 0 aliphatic rings. The van der Waals surface area contributed by atoms with Gasteiger partial charge in [0.25, 0.3) is 0 Å². The van der Waals surface area contributed by atoms with Crippen LogP contribution in [0.3, 0.4) is 0 Å². The molecule has 3 heteroatoms. The summed E-state index contributed by atoms with van der Waals surface area (Å²) in [6.07, 6.45) is 0. The van der Waals surface area contributed by atoms with Crippen LogP contribution in [-0.2, 0) is 0 Å². The first-order valence-electron chi connectivity index (χ1n) is 7.07. The first kappa shape index (κ1) is 14.6. The molecule has 0 saturated heterocycles. The van der Waals surface area contributed by atoms with E-state index in [1.807, 2.05) is 11.3 Å². The first-order chi connectivity index (χ1) is 10.1. The Labute approximate surface area is 138 Å². The van der Waals surface area contributed by atoms with Gasteiger partial charge < -0.3 is 5.32 Å². The second kappa shape index (κ2) is 5.82. The minimum absolute atomic E-state index is 0.303. The molecule has 0 spiro atoms. The van der Waals surface area contributed by atoms with Crippen molar-refractivity contribution < 1.29 is 0 Å². The molecule has 108 valence electrons. The summed E-state index contributed by atoms with van der Waals surface area (Å²) in [7, 11) is 0. The highest BCUT2D eigenvalue weighted by Crippen LogP contribution is 2.36. The molecule has 0 bridgehead atoms. The number of hydrogen-bond acceptors (Lipinski definition) is 2. The molecular weight excluding hydrogens is 342 g/mol. The van der Waals surface area contributed by atoms with Crippen LogP contribution in [0.25, 0.3) is 10.1 Å². The van der Waals surface area contributed by atoms with Gasteiger partial charge in [0.15, 0.2) is 0 Å². The highest BCUT2D eigenvalue weighted by Gasteiger charge is 2.14. The molecule has 0 saturated carbocycles. The Morgan fingerprint density at radius 2 is 1.86 bits per heavy atom. The van der Waals surface area contributed by atoms with Crippen molar-refractivity contribution in [2.75, 3.05) is 5.32 Å². The summed E-state index contributed by atoms with van der Waals surface area (Å²) in [5.74, 6) is 0. The molecule has 2 aromatic carbocycles. The summed E-state index contributed by atoms with van der Waals surface area (Å²) in [6.45, 7) is 6.55. The Morgan fingerprint density at radius 3 is 2.57 bits per heavy atom. The van der Waals surface area contributed by atoms with Gasteiger partial charge in [0.05, 0.1) is 6.04 Å². The molecule has 3 rings (SSSR count). The maximum Gasteiger partial charge on any atom is 0.0581 e. The van der Waals surface area contributed by atoms with E-state index >= 15 is 0 Å². The predicted molar refractivity (Wildman–Crippen MR) is 97.5 cm³/mol. The SMILES string of the molecule is Cc1ccc(NC(C)c2sc3ccccc3c2C)cc1Br. The summed E-state index contributed by atoms with van der Waals surface area (Å²) in [4.78, 5) is 1.41. The van der Waals surface area contributed by atoms with Crippen molar-refractivity contribution in [3.05, 3.63) is 62.9 Å². The molecule has 0 aliphatic heterocycles. The lowest BCUT2D eigenvalue weighted by molar-refractivity contribution is 0.900. The van der Waals surface area contributed by atoms with Gasteiger partial charge in [-0.15, -0.1) is 11.3 Å². The van der Waals surface area contributed by atoms with Crippen molar-refractivity contribution in [2.45, 2.75) is 26.8 Å². The fourth-order valence-electron chi connectivity index (χ4n) is 2.60. The second-order valence-corrected chi connectivity index (χ2v) is 7.36. The van der Waals surface area contributed by atoms with E-state index in [1.165, 1.54) is 26.1 Å². The lowest BCUT2D eigenvalue weighted by atomic mass is 10.1. The number of hydrogen-bond donors (Lipinski definition) is 1. The van der Waals surface area contributed by atoms with Crippen LogP contribution in [0.1, 0.15) is 29.0 Å². The van der Waals surface area contributed by atoms with Crippen molar-refractivity contribution in [2.24, 2.45) is 0 Å². The molecule has 1 aromatic heterocycles. The zero-order valence-electron chi connectivity index (χ0n) is 12.4. The predicted octanol–water partition coefficient (Wildman–Crippen LogP) is 6.45. The Balaban J connectivity index is 1.91. The minimum Gasteiger partial charge on any atom is -0.378 e. The normalized spacial score (nSPS) is 12.6. The van der Waals surface area contributed by atoms with Gasteiger partial charge in [0.1, 0.15) is 0 Å². The molecule has 3 aromatic rings. The fourth-order valence-corrected chi connectivity index (χ4v) is 4.20. The van der Waals surface area contributed by atoms with Gasteiger partial charge in [-0.05, 0) is 55.5 Å². The van der Waals surface area contributed by atoms with Crippen molar-refractivity contribution in [3.63, 3.8) is 0 Å². The first-order valence-corrected chi connectivity index (χ1v) is 8.68.